The Morgan fingerprint density at radius 3 is 2.45 bits per heavy atom. The van der Waals surface area contributed by atoms with Crippen molar-refractivity contribution in [2.45, 2.75) is 38.0 Å². The molecule has 3 atom stereocenters. The Morgan fingerprint density at radius 1 is 1.21 bits per heavy atom. The standard InChI is InChI=1S/C19H28N4O5S/c1-13-8-14(2)11-22(10-13)29(27,28)16-5-6-17(18(9-16)23(25)26)21-7-3-4-15(12-21)19(20)24/h5-6,9,13-15H,3-4,7-8,10-12H2,1-2H3,(H2,20,24)/t13-,14-,15-/m0/s1. The van der Waals surface area contributed by atoms with E-state index in [4.69, 9.17) is 5.73 Å². The molecule has 2 aliphatic heterocycles. The van der Waals surface area contributed by atoms with Gasteiger partial charge in [0.15, 0.2) is 0 Å². The maximum atomic E-state index is 13.1. The van der Waals surface area contributed by atoms with Gasteiger partial charge in [0.1, 0.15) is 5.69 Å². The highest BCUT2D eigenvalue weighted by atomic mass is 32.2. The molecule has 9 nitrogen and oxygen atoms in total. The Hall–Kier alpha value is -2.20. The summed E-state index contributed by atoms with van der Waals surface area (Å²) < 4.78 is 27.6. The number of sulfonamides is 1. The zero-order valence-corrected chi connectivity index (χ0v) is 17.6. The molecule has 2 aliphatic rings. The average Bonchev–Trinajstić information content (AvgIpc) is 2.66. The van der Waals surface area contributed by atoms with E-state index in [-0.39, 0.29) is 28.3 Å². The maximum Gasteiger partial charge on any atom is 0.293 e. The van der Waals surface area contributed by atoms with E-state index in [0.717, 1.165) is 12.5 Å². The summed E-state index contributed by atoms with van der Waals surface area (Å²) >= 11 is 0. The molecule has 0 spiro atoms. The SMILES string of the molecule is C[C@H]1C[C@H](C)CN(S(=O)(=O)c2ccc(N3CCC[C@H](C(N)=O)C3)c([N+](=O)[O-])c2)C1. The summed E-state index contributed by atoms with van der Waals surface area (Å²) in [6.07, 6.45) is 2.30. The van der Waals surface area contributed by atoms with Crippen molar-refractivity contribution in [3.05, 3.63) is 28.3 Å². The van der Waals surface area contributed by atoms with Crippen LogP contribution >= 0.6 is 0 Å². The fourth-order valence-corrected chi connectivity index (χ4v) is 6.16. The number of nitrogens with two attached hydrogens (primary N) is 1. The van der Waals surface area contributed by atoms with Gasteiger partial charge in [0.2, 0.25) is 15.9 Å². The zero-order valence-electron chi connectivity index (χ0n) is 16.8. The monoisotopic (exact) mass is 424 g/mol. The number of hydrogen-bond donors (Lipinski definition) is 1. The normalized spacial score (nSPS) is 26.3. The molecule has 160 valence electrons. The van der Waals surface area contributed by atoms with E-state index >= 15 is 0 Å². The molecule has 1 aromatic carbocycles. The summed E-state index contributed by atoms with van der Waals surface area (Å²) in [7, 11) is -3.82. The first-order valence-corrected chi connectivity index (χ1v) is 11.4. The number of nitro groups is 1. The van der Waals surface area contributed by atoms with E-state index in [1.807, 2.05) is 13.8 Å². The number of benzene rings is 1. The van der Waals surface area contributed by atoms with E-state index in [0.29, 0.717) is 44.7 Å². The third kappa shape index (κ3) is 4.53. The van der Waals surface area contributed by atoms with E-state index in [9.17, 15) is 23.3 Å². The Bertz CT molecular complexity index is 894. The molecule has 0 bridgehead atoms. The Labute approximate surface area is 171 Å². The molecule has 1 aromatic rings. The average molecular weight is 425 g/mol. The van der Waals surface area contributed by atoms with Gasteiger partial charge < -0.3 is 10.6 Å². The molecule has 2 heterocycles. The van der Waals surface area contributed by atoms with Crippen LogP contribution in [0.2, 0.25) is 0 Å². The van der Waals surface area contributed by atoms with E-state index in [1.165, 1.54) is 16.4 Å². The van der Waals surface area contributed by atoms with Gasteiger partial charge in [0.25, 0.3) is 5.69 Å². The fourth-order valence-electron chi connectivity index (χ4n) is 4.46. The minimum absolute atomic E-state index is 0.0716. The second kappa shape index (κ2) is 8.27. The number of rotatable bonds is 5. The minimum Gasteiger partial charge on any atom is -0.369 e. The number of carbonyl (C=O) groups excluding carboxylic acids is 1. The number of piperidine rings is 2. The molecule has 2 saturated heterocycles. The number of nitro benzene ring substituents is 1. The summed E-state index contributed by atoms with van der Waals surface area (Å²) in [5.41, 5.74) is 5.46. The van der Waals surface area contributed by atoms with Gasteiger partial charge in [-0.05, 0) is 43.2 Å². The van der Waals surface area contributed by atoms with Crippen molar-refractivity contribution in [1.82, 2.24) is 4.31 Å². The fraction of sp³-hybridized carbons (Fsp3) is 0.632. The van der Waals surface area contributed by atoms with Crippen molar-refractivity contribution in [2.75, 3.05) is 31.1 Å². The van der Waals surface area contributed by atoms with E-state index in [2.05, 4.69) is 0 Å². The van der Waals surface area contributed by atoms with Crippen LogP contribution < -0.4 is 10.6 Å². The van der Waals surface area contributed by atoms with Gasteiger partial charge in [-0.25, -0.2) is 8.42 Å². The molecule has 3 rings (SSSR count). The highest BCUT2D eigenvalue weighted by Crippen LogP contribution is 2.35. The van der Waals surface area contributed by atoms with Gasteiger partial charge in [-0.15, -0.1) is 0 Å². The lowest BCUT2D eigenvalue weighted by Crippen LogP contribution is -2.42. The molecular formula is C19H28N4O5S. The minimum atomic E-state index is -3.82. The maximum absolute atomic E-state index is 13.1. The molecule has 29 heavy (non-hydrogen) atoms. The van der Waals surface area contributed by atoms with Crippen LogP contribution in [0.3, 0.4) is 0 Å². The summed E-state index contributed by atoms with van der Waals surface area (Å²) in [5.74, 6) is -0.322. The van der Waals surface area contributed by atoms with Crippen molar-refractivity contribution in [1.29, 1.82) is 0 Å². The predicted octanol–water partition coefficient (Wildman–Crippen LogP) is 1.96. The van der Waals surface area contributed by atoms with Gasteiger partial charge >= 0.3 is 0 Å². The zero-order chi connectivity index (χ0) is 21.3. The molecule has 0 radical (unpaired) electrons. The Morgan fingerprint density at radius 2 is 1.86 bits per heavy atom. The lowest BCUT2D eigenvalue weighted by molar-refractivity contribution is -0.384. The van der Waals surface area contributed by atoms with Crippen LogP contribution in [0, 0.1) is 27.9 Å². The molecule has 10 heteroatoms. The molecule has 2 fully saturated rings. The van der Waals surface area contributed by atoms with Crippen LogP contribution in [0.5, 0.6) is 0 Å². The third-order valence-corrected chi connectivity index (χ3v) is 7.61. The van der Waals surface area contributed by atoms with Crippen molar-refractivity contribution in [3.8, 4) is 0 Å². The van der Waals surface area contributed by atoms with Gasteiger partial charge in [-0.2, -0.15) is 4.31 Å². The van der Waals surface area contributed by atoms with Crippen LogP contribution in [0.25, 0.3) is 0 Å². The lowest BCUT2D eigenvalue weighted by atomic mass is 9.94. The van der Waals surface area contributed by atoms with Gasteiger partial charge in [-0.3, -0.25) is 14.9 Å². The first kappa shape index (κ1) is 21.5. The largest absolute Gasteiger partial charge is 0.369 e. The molecule has 0 unspecified atom stereocenters. The first-order chi connectivity index (χ1) is 13.6. The van der Waals surface area contributed by atoms with Gasteiger partial charge in [-0.1, -0.05) is 13.8 Å². The molecule has 0 aromatic heterocycles. The number of amides is 1. The van der Waals surface area contributed by atoms with Crippen molar-refractivity contribution in [3.63, 3.8) is 0 Å². The van der Waals surface area contributed by atoms with Crippen LogP contribution in [0.15, 0.2) is 23.1 Å². The van der Waals surface area contributed by atoms with Crippen LogP contribution in [-0.2, 0) is 14.8 Å². The Balaban J connectivity index is 1.94. The summed E-state index contributed by atoms with van der Waals surface area (Å²) in [5, 5.41) is 11.7. The quantitative estimate of drug-likeness (QED) is 0.569. The van der Waals surface area contributed by atoms with Crippen molar-refractivity contribution >= 4 is 27.3 Å². The Kier molecular flexibility index (Phi) is 6.13. The number of anilines is 1. The van der Waals surface area contributed by atoms with E-state index < -0.39 is 20.9 Å². The third-order valence-electron chi connectivity index (χ3n) is 5.78. The lowest BCUT2D eigenvalue weighted by Gasteiger charge is -2.34. The topological polar surface area (TPSA) is 127 Å². The molecular weight excluding hydrogens is 396 g/mol. The number of primary amides is 1. The van der Waals surface area contributed by atoms with Crippen LogP contribution in [0.4, 0.5) is 11.4 Å². The molecule has 0 aliphatic carbocycles. The highest BCUT2D eigenvalue weighted by Gasteiger charge is 2.34. The molecule has 0 saturated carbocycles. The predicted molar refractivity (Wildman–Crippen MR) is 109 cm³/mol. The second-order valence-electron chi connectivity index (χ2n) is 8.36. The van der Waals surface area contributed by atoms with Crippen LogP contribution in [-0.4, -0.2) is 49.7 Å². The summed E-state index contributed by atoms with van der Waals surface area (Å²) in [4.78, 5) is 24.4. The van der Waals surface area contributed by atoms with Gasteiger partial charge in [0.05, 0.1) is 15.7 Å². The van der Waals surface area contributed by atoms with Crippen LogP contribution in [0.1, 0.15) is 33.1 Å². The molecule has 1 amide bonds. The van der Waals surface area contributed by atoms with Crippen molar-refractivity contribution < 1.29 is 18.1 Å². The number of hydrogen-bond acceptors (Lipinski definition) is 6. The van der Waals surface area contributed by atoms with E-state index in [1.54, 1.807) is 4.90 Å². The highest BCUT2D eigenvalue weighted by molar-refractivity contribution is 7.89. The smallest absolute Gasteiger partial charge is 0.293 e. The summed E-state index contributed by atoms with van der Waals surface area (Å²) in [6, 6.07) is 4.04. The summed E-state index contributed by atoms with van der Waals surface area (Å²) in [6.45, 7) is 5.69. The van der Waals surface area contributed by atoms with Gasteiger partial charge in [0, 0.05) is 32.2 Å². The number of nitrogens with zero attached hydrogens (tertiary/aromatic N) is 3. The number of carbonyl (C=O) groups is 1. The molecule has 2 N–H and O–H groups in total. The first-order valence-electron chi connectivity index (χ1n) is 9.92. The second-order valence-corrected chi connectivity index (χ2v) is 10.3. The van der Waals surface area contributed by atoms with Crippen molar-refractivity contribution in [2.24, 2.45) is 23.5 Å².